The lowest BCUT2D eigenvalue weighted by Gasteiger charge is -2.30. The second-order valence-electron chi connectivity index (χ2n) is 8.18. The van der Waals surface area contributed by atoms with Gasteiger partial charge in [0.25, 0.3) is 0 Å². The van der Waals surface area contributed by atoms with E-state index in [0.717, 1.165) is 36.8 Å². The lowest BCUT2D eigenvalue weighted by molar-refractivity contribution is -0.138. The van der Waals surface area contributed by atoms with Gasteiger partial charge in [-0.15, -0.1) is 11.8 Å². The molecule has 1 aliphatic rings. The van der Waals surface area contributed by atoms with Crippen LogP contribution in [-0.4, -0.2) is 34.6 Å². The molecule has 1 aliphatic carbocycles. The van der Waals surface area contributed by atoms with E-state index < -0.39 is 6.04 Å². The maximum Gasteiger partial charge on any atom is 0.242 e. The molecule has 33 heavy (non-hydrogen) atoms. The van der Waals surface area contributed by atoms with E-state index in [-0.39, 0.29) is 30.2 Å². The second kappa shape index (κ2) is 12.6. The predicted molar refractivity (Wildman–Crippen MR) is 139 cm³/mol. The van der Waals surface area contributed by atoms with Crippen molar-refractivity contribution in [2.24, 2.45) is 0 Å². The minimum atomic E-state index is -0.613. The largest absolute Gasteiger partial charge is 0.352 e. The summed E-state index contributed by atoms with van der Waals surface area (Å²) >= 11 is 25.7. The summed E-state index contributed by atoms with van der Waals surface area (Å²) in [5, 5.41) is 4.94. The van der Waals surface area contributed by atoms with Crippen molar-refractivity contribution in [3.8, 4) is 0 Å². The molecular formula is C24H26Cl4N2O2S. The third-order valence-corrected chi connectivity index (χ3v) is 8.15. The smallest absolute Gasteiger partial charge is 0.242 e. The molecule has 0 radical (unpaired) electrons. The van der Waals surface area contributed by atoms with Crippen LogP contribution in [0.1, 0.15) is 43.7 Å². The first-order valence-electron chi connectivity index (χ1n) is 10.8. The van der Waals surface area contributed by atoms with Gasteiger partial charge >= 0.3 is 0 Å². The molecule has 0 spiro atoms. The molecule has 0 unspecified atom stereocenters. The standard InChI is InChI=1S/C24H26Cl4N2O2S/c1-15(24(32)29-18-4-2-3-5-18)30(12-16-6-8-19(25)21(27)10-16)23(31)14-33-13-17-7-9-20(26)22(28)11-17/h6-11,15,18H,2-5,12-14H2,1H3,(H,29,32)/t15-/m1/s1. The van der Waals surface area contributed by atoms with Crippen molar-refractivity contribution in [2.45, 2.75) is 57.0 Å². The molecule has 0 bridgehead atoms. The van der Waals surface area contributed by atoms with Crippen molar-refractivity contribution in [3.63, 3.8) is 0 Å². The van der Waals surface area contributed by atoms with Gasteiger partial charge in [-0.25, -0.2) is 0 Å². The summed E-state index contributed by atoms with van der Waals surface area (Å²) in [5.74, 6) is 0.569. The maximum atomic E-state index is 13.2. The summed E-state index contributed by atoms with van der Waals surface area (Å²) in [4.78, 5) is 27.8. The molecule has 178 valence electrons. The van der Waals surface area contributed by atoms with Gasteiger partial charge in [-0.1, -0.05) is 71.4 Å². The van der Waals surface area contributed by atoms with Crippen molar-refractivity contribution in [2.75, 3.05) is 5.75 Å². The van der Waals surface area contributed by atoms with Crippen molar-refractivity contribution in [1.82, 2.24) is 10.2 Å². The lowest BCUT2D eigenvalue weighted by atomic mass is 10.1. The van der Waals surface area contributed by atoms with E-state index in [2.05, 4.69) is 5.32 Å². The number of carbonyl (C=O) groups is 2. The van der Waals surface area contributed by atoms with Crippen LogP contribution in [-0.2, 0) is 21.9 Å². The summed E-state index contributed by atoms with van der Waals surface area (Å²) in [7, 11) is 0. The summed E-state index contributed by atoms with van der Waals surface area (Å²) < 4.78 is 0. The molecule has 1 saturated carbocycles. The number of nitrogens with one attached hydrogen (secondary N) is 1. The summed E-state index contributed by atoms with van der Waals surface area (Å²) in [6.45, 7) is 2.03. The van der Waals surface area contributed by atoms with E-state index in [4.69, 9.17) is 46.4 Å². The van der Waals surface area contributed by atoms with Crippen LogP contribution in [0.15, 0.2) is 36.4 Å². The molecule has 2 aromatic rings. The van der Waals surface area contributed by atoms with Gasteiger partial charge in [0.2, 0.25) is 11.8 Å². The van der Waals surface area contributed by atoms with Gasteiger partial charge in [0, 0.05) is 18.3 Å². The number of amides is 2. The number of carbonyl (C=O) groups excluding carboxylic acids is 2. The number of rotatable bonds is 9. The Bertz CT molecular complexity index is 998. The average molecular weight is 548 g/mol. The Morgan fingerprint density at radius 3 is 2.15 bits per heavy atom. The number of thioether (sulfide) groups is 1. The Labute approximate surface area is 219 Å². The molecule has 0 heterocycles. The Balaban J connectivity index is 1.68. The van der Waals surface area contributed by atoms with Crippen LogP contribution >= 0.6 is 58.2 Å². The highest BCUT2D eigenvalue weighted by atomic mass is 35.5. The zero-order valence-corrected chi connectivity index (χ0v) is 22.1. The number of nitrogens with zero attached hydrogens (tertiary/aromatic N) is 1. The second-order valence-corrected chi connectivity index (χ2v) is 10.8. The van der Waals surface area contributed by atoms with Crippen LogP contribution in [0.4, 0.5) is 0 Å². The van der Waals surface area contributed by atoms with Gasteiger partial charge in [0.05, 0.1) is 25.8 Å². The molecule has 0 aromatic heterocycles. The minimum Gasteiger partial charge on any atom is -0.352 e. The SMILES string of the molecule is C[C@H](C(=O)NC1CCCC1)N(Cc1ccc(Cl)c(Cl)c1)C(=O)CSCc1ccc(Cl)c(Cl)c1. The summed E-state index contributed by atoms with van der Waals surface area (Å²) in [6.07, 6.45) is 4.21. The summed E-state index contributed by atoms with van der Waals surface area (Å²) in [5.41, 5.74) is 1.79. The highest BCUT2D eigenvalue weighted by molar-refractivity contribution is 7.99. The Hall–Kier alpha value is -1.11. The van der Waals surface area contributed by atoms with Crippen LogP contribution in [0.5, 0.6) is 0 Å². The van der Waals surface area contributed by atoms with Crippen molar-refractivity contribution >= 4 is 70.0 Å². The lowest BCUT2D eigenvalue weighted by Crippen LogP contribution is -2.50. The van der Waals surface area contributed by atoms with E-state index in [0.29, 0.717) is 25.8 Å². The molecule has 1 fully saturated rings. The fraction of sp³-hybridized carbons (Fsp3) is 0.417. The summed E-state index contributed by atoms with van der Waals surface area (Å²) in [6, 6.07) is 10.2. The van der Waals surface area contributed by atoms with Crippen LogP contribution < -0.4 is 5.32 Å². The van der Waals surface area contributed by atoms with Crippen molar-refractivity contribution < 1.29 is 9.59 Å². The number of halogens is 4. The fourth-order valence-corrected chi connectivity index (χ4v) is 5.28. The quantitative estimate of drug-likeness (QED) is 0.367. The number of hydrogen-bond donors (Lipinski definition) is 1. The molecule has 4 nitrogen and oxygen atoms in total. The predicted octanol–water partition coefficient (Wildman–Crippen LogP) is 7.01. The molecule has 9 heteroatoms. The molecule has 2 aromatic carbocycles. The first-order valence-corrected chi connectivity index (χ1v) is 13.5. The third-order valence-electron chi connectivity index (χ3n) is 5.68. The van der Waals surface area contributed by atoms with Crippen molar-refractivity contribution in [3.05, 3.63) is 67.6 Å². The van der Waals surface area contributed by atoms with E-state index >= 15 is 0 Å². The van der Waals surface area contributed by atoms with Crippen LogP contribution in [0.3, 0.4) is 0 Å². The van der Waals surface area contributed by atoms with Gasteiger partial charge in [-0.3, -0.25) is 9.59 Å². The van der Waals surface area contributed by atoms with Gasteiger partial charge < -0.3 is 10.2 Å². The molecule has 1 atom stereocenters. The third kappa shape index (κ3) is 7.69. The first-order chi connectivity index (χ1) is 15.7. The van der Waals surface area contributed by atoms with E-state index in [1.54, 1.807) is 36.1 Å². The van der Waals surface area contributed by atoms with Gasteiger partial charge in [0.15, 0.2) is 0 Å². The highest BCUT2D eigenvalue weighted by Gasteiger charge is 2.28. The Kier molecular flexibility index (Phi) is 10.1. The molecule has 3 rings (SSSR count). The normalized spacial score (nSPS) is 14.8. The van der Waals surface area contributed by atoms with Crippen LogP contribution in [0.25, 0.3) is 0 Å². The van der Waals surface area contributed by atoms with Crippen molar-refractivity contribution in [1.29, 1.82) is 0 Å². The van der Waals surface area contributed by atoms with Gasteiger partial charge in [-0.05, 0) is 55.2 Å². The molecular weight excluding hydrogens is 522 g/mol. The first kappa shape index (κ1) is 26.5. The zero-order chi connectivity index (χ0) is 24.0. The molecule has 0 saturated heterocycles. The van der Waals surface area contributed by atoms with Gasteiger partial charge in [0.1, 0.15) is 6.04 Å². The monoisotopic (exact) mass is 546 g/mol. The number of hydrogen-bond acceptors (Lipinski definition) is 3. The zero-order valence-electron chi connectivity index (χ0n) is 18.3. The Morgan fingerprint density at radius 2 is 1.55 bits per heavy atom. The van der Waals surface area contributed by atoms with Crippen LogP contribution in [0, 0.1) is 0 Å². The van der Waals surface area contributed by atoms with E-state index in [1.165, 1.54) is 11.8 Å². The molecule has 1 N–H and O–H groups in total. The highest BCUT2D eigenvalue weighted by Crippen LogP contribution is 2.26. The maximum absolute atomic E-state index is 13.2. The molecule has 0 aliphatic heterocycles. The average Bonchev–Trinajstić information content (AvgIpc) is 3.29. The van der Waals surface area contributed by atoms with Crippen LogP contribution in [0.2, 0.25) is 20.1 Å². The number of benzene rings is 2. The topological polar surface area (TPSA) is 49.4 Å². The fourth-order valence-electron chi connectivity index (χ4n) is 3.78. The minimum absolute atomic E-state index is 0.125. The van der Waals surface area contributed by atoms with Gasteiger partial charge in [-0.2, -0.15) is 0 Å². The Morgan fingerprint density at radius 1 is 0.970 bits per heavy atom. The van der Waals surface area contributed by atoms with E-state index in [1.807, 2.05) is 12.1 Å². The molecule has 2 amide bonds. The van der Waals surface area contributed by atoms with E-state index in [9.17, 15) is 9.59 Å².